The Labute approximate surface area is 113 Å². The van der Waals surface area contributed by atoms with E-state index in [1.54, 1.807) is 0 Å². The molecule has 5 atom stereocenters. The third-order valence-corrected chi connectivity index (χ3v) is 4.86. The van der Waals surface area contributed by atoms with Crippen LogP contribution in [0.2, 0.25) is 0 Å². The minimum Gasteiger partial charge on any atom is -0.478 e. The third kappa shape index (κ3) is 2.35. The van der Waals surface area contributed by atoms with Crippen molar-refractivity contribution in [3.63, 3.8) is 0 Å². The van der Waals surface area contributed by atoms with Gasteiger partial charge in [-0.15, -0.1) is 0 Å². The fourth-order valence-electron chi connectivity index (χ4n) is 3.57. The van der Waals surface area contributed by atoms with Crippen LogP contribution in [0.25, 0.3) is 0 Å². The van der Waals surface area contributed by atoms with Crippen LogP contribution in [0, 0.1) is 17.3 Å². The molecule has 0 aromatic carbocycles. The first kappa shape index (κ1) is 14.3. The van der Waals surface area contributed by atoms with Gasteiger partial charge in [0.15, 0.2) is 0 Å². The lowest BCUT2D eigenvalue weighted by molar-refractivity contribution is -0.133. The monoisotopic (exact) mass is 266 g/mol. The number of fused-ring (bicyclic) bond motifs is 1. The molecule has 0 spiro atoms. The third-order valence-electron chi connectivity index (χ3n) is 4.86. The van der Waals surface area contributed by atoms with Crippen molar-refractivity contribution in [2.75, 3.05) is 0 Å². The minimum absolute atomic E-state index is 0.132. The number of allylic oxidation sites excluding steroid dienone is 1. The van der Waals surface area contributed by atoms with E-state index < -0.39 is 18.2 Å². The van der Waals surface area contributed by atoms with E-state index >= 15 is 0 Å². The highest BCUT2D eigenvalue weighted by atomic mass is 16.4. The van der Waals surface area contributed by atoms with Crippen molar-refractivity contribution in [1.82, 2.24) is 0 Å². The van der Waals surface area contributed by atoms with Crippen LogP contribution in [0.3, 0.4) is 0 Å². The van der Waals surface area contributed by atoms with Crippen LogP contribution in [0.1, 0.15) is 33.1 Å². The van der Waals surface area contributed by atoms with Crippen molar-refractivity contribution in [3.05, 3.63) is 23.8 Å². The number of hydrogen-bond donors (Lipinski definition) is 3. The van der Waals surface area contributed by atoms with E-state index in [2.05, 4.69) is 13.5 Å². The first-order chi connectivity index (χ1) is 8.76. The van der Waals surface area contributed by atoms with Gasteiger partial charge in [-0.1, -0.05) is 32.1 Å². The van der Waals surface area contributed by atoms with Gasteiger partial charge in [0.2, 0.25) is 0 Å². The molecule has 19 heavy (non-hydrogen) atoms. The van der Waals surface area contributed by atoms with E-state index in [0.717, 1.165) is 18.4 Å². The second-order valence-corrected chi connectivity index (χ2v) is 6.21. The first-order valence-electron chi connectivity index (χ1n) is 6.76. The SMILES string of the molecule is C=C(C(=O)O)[C@@H]1C=C2[C@H](C)[C@H](O)[C@@H](O)C[C@@]2(C)CC1. The van der Waals surface area contributed by atoms with Gasteiger partial charge in [0.25, 0.3) is 0 Å². The highest BCUT2D eigenvalue weighted by Crippen LogP contribution is 2.51. The zero-order valence-corrected chi connectivity index (χ0v) is 11.5. The second kappa shape index (κ2) is 4.76. The molecule has 4 heteroatoms. The average molecular weight is 266 g/mol. The minimum atomic E-state index is -0.963. The lowest BCUT2D eigenvalue weighted by atomic mass is 9.59. The van der Waals surface area contributed by atoms with Gasteiger partial charge in [0.05, 0.1) is 12.2 Å². The molecule has 0 aromatic heterocycles. The van der Waals surface area contributed by atoms with Crippen LogP contribution < -0.4 is 0 Å². The van der Waals surface area contributed by atoms with Crippen molar-refractivity contribution in [1.29, 1.82) is 0 Å². The van der Waals surface area contributed by atoms with Gasteiger partial charge in [-0.3, -0.25) is 0 Å². The van der Waals surface area contributed by atoms with Crippen LogP contribution >= 0.6 is 0 Å². The van der Waals surface area contributed by atoms with Gasteiger partial charge in [-0.2, -0.15) is 0 Å². The summed E-state index contributed by atoms with van der Waals surface area (Å²) < 4.78 is 0. The molecule has 1 saturated carbocycles. The molecular weight excluding hydrogens is 244 g/mol. The van der Waals surface area contributed by atoms with E-state index in [9.17, 15) is 15.0 Å². The molecular formula is C15H22O4. The fourth-order valence-corrected chi connectivity index (χ4v) is 3.57. The number of carbonyl (C=O) groups is 1. The Kier molecular flexibility index (Phi) is 3.58. The average Bonchev–Trinajstić information content (AvgIpc) is 2.35. The van der Waals surface area contributed by atoms with Crippen LogP contribution in [0.15, 0.2) is 23.8 Å². The van der Waals surface area contributed by atoms with E-state index in [1.165, 1.54) is 0 Å². The Morgan fingerprint density at radius 2 is 2.11 bits per heavy atom. The quantitative estimate of drug-likeness (QED) is 0.525. The number of carboxylic acid groups (broad SMARTS) is 1. The van der Waals surface area contributed by atoms with Gasteiger partial charge in [-0.25, -0.2) is 4.79 Å². The molecule has 0 heterocycles. The summed E-state index contributed by atoms with van der Waals surface area (Å²) in [5, 5.41) is 29.0. The van der Waals surface area contributed by atoms with E-state index in [-0.39, 0.29) is 22.8 Å². The smallest absolute Gasteiger partial charge is 0.331 e. The molecule has 2 aliphatic rings. The maximum Gasteiger partial charge on any atom is 0.331 e. The molecule has 0 aliphatic heterocycles. The van der Waals surface area contributed by atoms with Crippen molar-refractivity contribution >= 4 is 5.97 Å². The number of aliphatic hydroxyl groups is 2. The summed E-state index contributed by atoms with van der Waals surface area (Å²) in [6, 6.07) is 0. The second-order valence-electron chi connectivity index (χ2n) is 6.21. The van der Waals surface area contributed by atoms with Crippen LogP contribution in [0.5, 0.6) is 0 Å². The summed E-state index contributed by atoms with van der Waals surface area (Å²) in [4.78, 5) is 11.0. The van der Waals surface area contributed by atoms with E-state index in [0.29, 0.717) is 6.42 Å². The maximum absolute atomic E-state index is 11.0. The molecule has 4 nitrogen and oxygen atoms in total. The number of rotatable bonds is 2. The topological polar surface area (TPSA) is 77.8 Å². The van der Waals surface area contributed by atoms with Gasteiger partial charge in [0.1, 0.15) is 0 Å². The van der Waals surface area contributed by atoms with Gasteiger partial charge < -0.3 is 15.3 Å². The largest absolute Gasteiger partial charge is 0.478 e. The highest BCUT2D eigenvalue weighted by Gasteiger charge is 2.46. The molecule has 3 N–H and O–H groups in total. The molecule has 0 amide bonds. The van der Waals surface area contributed by atoms with E-state index in [1.807, 2.05) is 13.0 Å². The Morgan fingerprint density at radius 1 is 1.47 bits per heavy atom. The number of aliphatic carboxylic acids is 1. The fraction of sp³-hybridized carbons (Fsp3) is 0.667. The summed E-state index contributed by atoms with van der Waals surface area (Å²) in [5.41, 5.74) is 1.15. The van der Waals surface area contributed by atoms with Crippen molar-refractivity contribution in [3.8, 4) is 0 Å². The van der Waals surface area contributed by atoms with Crippen LogP contribution in [-0.4, -0.2) is 33.5 Å². The maximum atomic E-state index is 11.0. The first-order valence-corrected chi connectivity index (χ1v) is 6.76. The normalized spacial score (nSPS) is 42.2. The predicted molar refractivity (Wildman–Crippen MR) is 71.5 cm³/mol. The Balaban J connectivity index is 2.33. The van der Waals surface area contributed by atoms with E-state index in [4.69, 9.17) is 5.11 Å². The number of carboxylic acids is 1. The van der Waals surface area contributed by atoms with Crippen LogP contribution in [0.4, 0.5) is 0 Å². The molecule has 0 bridgehead atoms. The predicted octanol–water partition coefficient (Wildman–Crippen LogP) is 1.73. The van der Waals surface area contributed by atoms with Crippen molar-refractivity contribution in [2.24, 2.45) is 17.3 Å². The molecule has 0 radical (unpaired) electrons. The summed E-state index contributed by atoms with van der Waals surface area (Å²) in [7, 11) is 0. The Bertz CT molecular complexity index is 439. The zero-order chi connectivity index (χ0) is 14.4. The number of aliphatic hydroxyl groups excluding tert-OH is 2. The molecule has 1 fully saturated rings. The van der Waals surface area contributed by atoms with Crippen LogP contribution in [-0.2, 0) is 4.79 Å². The summed E-state index contributed by atoms with van der Waals surface area (Å²) >= 11 is 0. The van der Waals surface area contributed by atoms with Crippen molar-refractivity contribution < 1.29 is 20.1 Å². The molecule has 0 saturated heterocycles. The van der Waals surface area contributed by atoms with Crippen molar-refractivity contribution in [2.45, 2.75) is 45.3 Å². The standard InChI is InChI=1S/C15H22O4/c1-8(14(18)19)10-4-5-15(3)7-12(16)13(17)9(2)11(15)6-10/h6,9-10,12-13,16-17H,1,4-5,7H2,2-3H3,(H,18,19)/t9-,10-,12-,13-,15+/m0/s1. The summed E-state index contributed by atoms with van der Waals surface area (Å²) in [5.74, 6) is -1.27. The molecule has 106 valence electrons. The van der Waals surface area contributed by atoms with Gasteiger partial charge >= 0.3 is 5.97 Å². The lowest BCUT2D eigenvalue weighted by Gasteiger charge is -2.48. The zero-order valence-electron chi connectivity index (χ0n) is 11.5. The lowest BCUT2D eigenvalue weighted by Crippen LogP contribution is -2.47. The number of hydrogen-bond acceptors (Lipinski definition) is 3. The molecule has 2 aliphatic carbocycles. The summed E-state index contributed by atoms with van der Waals surface area (Å²) in [6.07, 6.45) is 2.59. The highest BCUT2D eigenvalue weighted by molar-refractivity contribution is 5.86. The molecule has 0 unspecified atom stereocenters. The summed E-state index contributed by atoms with van der Waals surface area (Å²) in [6.45, 7) is 7.62. The Morgan fingerprint density at radius 3 is 2.68 bits per heavy atom. The Hall–Kier alpha value is -1.13. The van der Waals surface area contributed by atoms with Gasteiger partial charge in [0, 0.05) is 17.4 Å². The molecule has 0 aromatic rings. The van der Waals surface area contributed by atoms with Gasteiger partial charge in [-0.05, 0) is 24.7 Å². The molecule has 2 rings (SSSR count).